The van der Waals surface area contributed by atoms with Crippen LogP contribution in [-0.2, 0) is 11.3 Å². The van der Waals surface area contributed by atoms with Crippen LogP contribution in [0.2, 0.25) is 0 Å². The number of carbonyl (C=O) groups is 1. The number of para-hydroxylation sites is 1. The SMILES string of the molecule is CN(C(=O)OC1C2CCC1N(Cc1ccccc1)C2)c1ccc(Oc2ccccc2)cc1. The normalized spacial score (nSPS) is 22.0. The molecule has 1 aliphatic heterocycles. The molecule has 1 saturated carbocycles. The van der Waals surface area contributed by atoms with Crippen molar-refractivity contribution in [2.24, 2.45) is 5.92 Å². The lowest BCUT2D eigenvalue weighted by Gasteiger charge is -2.27. The largest absolute Gasteiger partial charge is 0.457 e. The van der Waals surface area contributed by atoms with Gasteiger partial charge in [0, 0.05) is 37.8 Å². The van der Waals surface area contributed by atoms with Crippen molar-refractivity contribution in [3.05, 3.63) is 90.5 Å². The van der Waals surface area contributed by atoms with Crippen LogP contribution in [0.3, 0.4) is 0 Å². The van der Waals surface area contributed by atoms with E-state index < -0.39 is 0 Å². The second-order valence-electron chi connectivity index (χ2n) is 8.64. The molecule has 2 fully saturated rings. The molecule has 3 unspecified atom stereocenters. The summed E-state index contributed by atoms with van der Waals surface area (Å²) < 4.78 is 11.9. The number of rotatable bonds is 6. The number of fused-ring (bicyclic) bond motifs is 2. The van der Waals surface area contributed by atoms with Crippen molar-refractivity contribution in [3.8, 4) is 11.5 Å². The number of nitrogens with zero attached hydrogens (tertiary/aromatic N) is 2. The number of ether oxygens (including phenoxy) is 2. The first-order valence-electron chi connectivity index (χ1n) is 11.2. The van der Waals surface area contributed by atoms with E-state index in [-0.39, 0.29) is 12.2 Å². The first-order valence-corrected chi connectivity index (χ1v) is 11.2. The van der Waals surface area contributed by atoms with E-state index in [2.05, 4.69) is 29.2 Å². The van der Waals surface area contributed by atoms with Gasteiger partial charge in [0.1, 0.15) is 17.6 Å². The van der Waals surface area contributed by atoms with Crippen LogP contribution in [0.5, 0.6) is 11.5 Å². The summed E-state index contributed by atoms with van der Waals surface area (Å²) in [6.45, 7) is 1.90. The van der Waals surface area contributed by atoms with E-state index in [4.69, 9.17) is 9.47 Å². The monoisotopic (exact) mass is 428 g/mol. The van der Waals surface area contributed by atoms with Crippen molar-refractivity contribution >= 4 is 11.8 Å². The Morgan fingerprint density at radius 3 is 2.28 bits per heavy atom. The van der Waals surface area contributed by atoms with Crippen LogP contribution in [-0.4, -0.2) is 36.7 Å². The van der Waals surface area contributed by atoms with Crippen LogP contribution in [0.25, 0.3) is 0 Å². The minimum Gasteiger partial charge on any atom is -0.457 e. The minimum atomic E-state index is -0.301. The number of likely N-dealkylation sites (tertiary alicyclic amines) is 1. The molecule has 1 heterocycles. The van der Waals surface area contributed by atoms with Crippen molar-refractivity contribution in [3.63, 3.8) is 0 Å². The third-order valence-electron chi connectivity index (χ3n) is 6.56. The first kappa shape index (κ1) is 20.6. The summed E-state index contributed by atoms with van der Waals surface area (Å²) in [6.07, 6.45) is 1.88. The summed E-state index contributed by atoms with van der Waals surface area (Å²) in [6, 6.07) is 28.0. The highest BCUT2D eigenvalue weighted by Gasteiger charge is 2.49. The lowest BCUT2D eigenvalue weighted by molar-refractivity contribution is 0.0791. The Labute approximate surface area is 189 Å². The Balaban J connectivity index is 1.19. The fourth-order valence-electron chi connectivity index (χ4n) is 4.89. The van der Waals surface area contributed by atoms with Crippen LogP contribution >= 0.6 is 0 Å². The van der Waals surface area contributed by atoms with Gasteiger partial charge in [-0.15, -0.1) is 0 Å². The molecule has 2 aliphatic rings. The van der Waals surface area contributed by atoms with Crippen LogP contribution < -0.4 is 9.64 Å². The van der Waals surface area contributed by atoms with Gasteiger partial charge in [0.2, 0.25) is 0 Å². The van der Waals surface area contributed by atoms with Crippen LogP contribution in [0.1, 0.15) is 18.4 Å². The van der Waals surface area contributed by atoms with Crippen LogP contribution in [0.4, 0.5) is 10.5 Å². The molecule has 5 nitrogen and oxygen atoms in total. The third kappa shape index (κ3) is 4.34. The van der Waals surface area contributed by atoms with Crippen LogP contribution in [0.15, 0.2) is 84.9 Å². The highest BCUT2D eigenvalue weighted by Crippen LogP contribution is 2.41. The van der Waals surface area contributed by atoms with Gasteiger partial charge in [-0.25, -0.2) is 4.79 Å². The molecule has 1 amide bonds. The molecule has 164 valence electrons. The highest BCUT2D eigenvalue weighted by atomic mass is 16.6. The number of benzene rings is 3. The van der Waals surface area contributed by atoms with Crippen molar-refractivity contribution in [2.45, 2.75) is 31.5 Å². The molecule has 5 rings (SSSR count). The van der Waals surface area contributed by atoms with Crippen molar-refractivity contribution in [1.29, 1.82) is 0 Å². The van der Waals surface area contributed by atoms with E-state index in [1.165, 1.54) is 5.56 Å². The predicted molar refractivity (Wildman–Crippen MR) is 125 cm³/mol. The quantitative estimate of drug-likeness (QED) is 0.504. The fraction of sp³-hybridized carbons (Fsp3) is 0.296. The van der Waals surface area contributed by atoms with Crippen molar-refractivity contribution in [1.82, 2.24) is 4.90 Å². The molecule has 1 saturated heterocycles. The number of hydrogen-bond acceptors (Lipinski definition) is 4. The van der Waals surface area contributed by atoms with Gasteiger partial charge >= 0.3 is 6.09 Å². The maximum absolute atomic E-state index is 12.9. The zero-order chi connectivity index (χ0) is 21.9. The molecule has 1 aliphatic carbocycles. The Kier molecular flexibility index (Phi) is 5.82. The molecule has 2 bridgehead atoms. The summed E-state index contributed by atoms with van der Waals surface area (Å²) >= 11 is 0. The number of amides is 1. The Morgan fingerprint density at radius 1 is 0.906 bits per heavy atom. The van der Waals surface area contributed by atoms with E-state index in [9.17, 15) is 4.79 Å². The molecule has 0 radical (unpaired) electrons. The van der Waals surface area contributed by atoms with Gasteiger partial charge in [0.05, 0.1) is 0 Å². The summed E-state index contributed by atoms with van der Waals surface area (Å²) in [5.41, 5.74) is 2.09. The Morgan fingerprint density at radius 2 is 1.56 bits per heavy atom. The lowest BCUT2D eigenvalue weighted by atomic mass is 10.1. The molecular weight excluding hydrogens is 400 g/mol. The van der Waals surface area contributed by atoms with Crippen molar-refractivity contribution < 1.29 is 14.3 Å². The van der Waals surface area contributed by atoms with E-state index in [0.29, 0.717) is 12.0 Å². The number of piperidine rings is 1. The van der Waals surface area contributed by atoms with Gasteiger partial charge in [-0.2, -0.15) is 0 Å². The lowest BCUT2D eigenvalue weighted by Crippen LogP contribution is -2.38. The minimum absolute atomic E-state index is 0.0330. The maximum atomic E-state index is 12.9. The van der Waals surface area contributed by atoms with Gasteiger partial charge in [-0.3, -0.25) is 9.80 Å². The number of carbonyl (C=O) groups excluding carboxylic acids is 1. The maximum Gasteiger partial charge on any atom is 0.414 e. The van der Waals surface area contributed by atoms with Gasteiger partial charge in [-0.1, -0.05) is 48.5 Å². The van der Waals surface area contributed by atoms with Gasteiger partial charge in [0.15, 0.2) is 0 Å². The standard InChI is InChI=1S/C27H28N2O3/c1-28(22-13-15-24(16-14-22)31-23-10-6-3-7-11-23)27(30)32-26-21-12-17-25(26)29(19-21)18-20-8-4-2-5-9-20/h2-11,13-16,21,25-26H,12,17-19H2,1H3. The fourth-order valence-corrected chi connectivity index (χ4v) is 4.89. The zero-order valence-electron chi connectivity index (χ0n) is 18.3. The van der Waals surface area contributed by atoms with Gasteiger partial charge in [-0.05, 0) is 54.8 Å². The molecule has 0 N–H and O–H groups in total. The zero-order valence-corrected chi connectivity index (χ0v) is 18.3. The second kappa shape index (κ2) is 9.05. The highest BCUT2D eigenvalue weighted by molar-refractivity contribution is 5.87. The summed E-state index contributed by atoms with van der Waals surface area (Å²) in [4.78, 5) is 17.0. The first-order chi connectivity index (χ1) is 15.7. The molecule has 3 aromatic carbocycles. The Hall–Kier alpha value is -3.31. The number of hydrogen-bond donors (Lipinski definition) is 0. The topological polar surface area (TPSA) is 42.0 Å². The summed E-state index contributed by atoms with van der Waals surface area (Å²) in [5.74, 6) is 1.93. The molecule has 0 aromatic heterocycles. The van der Waals surface area contributed by atoms with Crippen LogP contribution in [0, 0.1) is 5.92 Å². The second-order valence-corrected chi connectivity index (χ2v) is 8.64. The third-order valence-corrected chi connectivity index (χ3v) is 6.56. The molecule has 32 heavy (non-hydrogen) atoms. The summed E-state index contributed by atoms with van der Waals surface area (Å²) in [7, 11) is 1.76. The average molecular weight is 429 g/mol. The van der Waals surface area contributed by atoms with Gasteiger partial charge in [0.25, 0.3) is 0 Å². The van der Waals surface area contributed by atoms with E-state index in [1.54, 1.807) is 11.9 Å². The average Bonchev–Trinajstić information content (AvgIpc) is 3.36. The smallest absolute Gasteiger partial charge is 0.414 e. The molecule has 3 atom stereocenters. The van der Waals surface area contributed by atoms with Crippen molar-refractivity contribution in [2.75, 3.05) is 18.5 Å². The van der Waals surface area contributed by atoms with E-state index in [0.717, 1.165) is 43.1 Å². The predicted octanol–water partition coefficient (Wildman–Crippen LogP) is 5.71. The number of anilines is 1. The molecule has 0 spiro atoms. The molecular formula is C27H28N2O3. The van der Waals surface area contributed by atoms with Gasteiger partial charge < -0.3 is 9.47 Å². The molecule has 5 heteroatoms. The summed E-state index contributed by atoms with van der Waals surface area (Å²) in [5, 5.41) is 0. The van der Waals surface area contributed by atoms with E-state index in [1.807, 2.05) is 60.7 Å². The molecule has 3 aromatic rings. The Bertz CT molecular complexity index is 1040. The van der Waals surface area contributed by atoms with E-state index >= 15 is 0 Å².